The maximum atomic E-state index is 12.7. The molecule has 2 amide bonds. The van der Waals surface area contributed by atoms with E-state index in [9.17, 15) is 19.7 Å². The van der Waals surface area contributed by atoms with E-state index in [0.717, 1.165) is 19.3 Å². The largest absolute Gasteiger partial charge is 0.354 e. The van der Waals surface area contributed by atoms with E-state index >= 15 is 0 Å². The Hall–Kier alpha value is -2.19. The first kappa shape index (κ1) is 20.9. The Morgan fingerprint density at radius 3 is 2.80 bits per heavy atom. The van der Waals surface area contributed by atoms with Gasteiger partial charge in [0.05, 0.1) is 4.92 Å². The third-order valence-electron chi connectivity index (χ3n) is 4.10. The van der Waals surface area contributed by atoms with Crippen molar-refractivity contribution < 1.29 is 14.5 Å². The zero-order valence-corrected chi connectivity index (χ0v) is 14.7. The Balaban J connectivity index is 0.00000312. The molecule has 0 aromatic heterocycles. The molecule has 3 N–H and O–H groups in total. The van der Waals surface area contributed by atoms with Gasteiger partial charge in [-0.2, -0.15) is 0 Å². The Morgan fingerprint density at radius 1 is 1.36 bits per heavy atom. The van der Waals surface area contributed by atoms with Gasteiger partial charge in [0, 0.05) is 49.8 Å². The minimum absolute atomic E-state index is 0. The molecule has 0 spiro atoms. The Morgan fingerprint density at radius 2 is 2.12 bits per heavy atom. The average molecular weight is 371 g/mol. The first-order chi connectivity index (χ1) is 11.5. The summed E-state index contributed by atoms with van der Waals surface area (Å²) < 4.78 is 0. The van der Waals surface area contributed by atoms with Crippen LogP contribution in [-0.2, 0) is 4.79 Å². The Bertz CT molecular complexity index is 626. The Kier molecular flexibility index (Phi) is 8.30. The quantitative estimate of drug-likeness (QED) is 0.580. The molecule has 1 fully saturated rings. The molecule has 1 aliphatic rings. The summed E-state index contributed by atoms with van der Waals surface area (Å²) in [6.45, 7) is 1.24. The van der Waals surface area contributed by atoms with E-state index in [2.05, 4.69) is 5.32 Å². The summed E-state index contributed by atoms with van der Waals surface area (Å²) >= 11 is 0. The Labute approximate surface area is 152 Å². The van der Waals surface area contributed by atoms with Gasteiger partial charge in [0.25, 0.3) is 11.6 Å². The van der Waals surface area contributed by atoms with Gasteiger partial charge in [-0.1, -0.05) is 6.07 Å². The van der Waals surface area contributed by atoms with Gasteiger partial charge in [0.15, 0.2) is 0 Å². The molecule has 25 heavy (non-hydrogen) atoms. The van der Waals surface area contributed by atoms with E-state index in [0.29, 0.717) is 18.7 Å². The summed E-state index contributed by atoms with van der Waals surface area (Å²) in [5.41, 5.74) is 5.54. The predicted molar refractivity (Wildman–Crippen MR) is 95.7 cm³/mol. The minimum Gasteiger partial charge on any atom is -0.354 e. The second kappa shape index (κ2) is 9.95. The van der Waals surface area contributed by atoms with Gasteiger partial charge in [-0.25, -0.2) is 0 Å². The molecular formula is C16H23ClN4O4. The zero-order valence-electron chi connectivity index (χ0n) is 13.8. The first-order valence-electron chi connectivity index (χ1n) is 8.05. The lowest BCUT2D eigenvalue weighted by Crippen LogP contribution is -2.49. The lowest BCUT2D eigenvalue weighted by Gasteiger charge is -2.36. The normalized spacial score (nSPS) is 16.7. The topological polar surface area (TPSA) is 119 Å². The van der Waals surface area contributed by atoms with Crippen LogP contribution in [0.3, 0.4) is 0 Å². The summed E-state index contributed by atoms with van der Waals surface area (Å²) in [4.78, 5) is 36.4. The standard InChI is InChI=1S/C16H22N4O4.ClH/c17-8-7-15(21)18-11-14-5-1-2-9-19(14)16(22)12-4-3-6-13(10-12)20(23)24;/h3-4,6,10,14H,1-2,5,7-9,11,17H2,(H,18,21);1H. The maximum Gasteiger partial charge on any atom is 0.270 e. The van der Waals surface area contributed by atoms with Crippen LogP contribution in [0.15, 0.2) is 24.3 Å². The van der Waals surface area contributed by atoms with Gasteiger partial charge in [0.2, 0.25) is 5.91 Å². The molecule has 1 aromatic carbocycles. The molecular weight excluding hydrogens is 348 g/mol. The van der Waals surface area contributed by atoms with Crippen LogP contribution < -0.4 is 11.1 Å². The van der Waals surface area contributed by atoms with Crippen LogP contribution in [0.25, 0.3) is 0 Å². The fourth-order valence-corrected chi connectivity index (χ4v) is 2.85. The molecule has 1 unspecified atom stereocenters. The number of hydrogen-bond acceptors (Lipinski definition) is 5. The molecule has 1 aliphatic heterocycles. The molecule has 2 rings (SSSR count). The third-order valence-corrected chi connectivity index (χ3v) is 4.10. The number of nitrogens with zero attached hydrogens (tertiary/aromatic N) is 2. The number of nitro benzene ring substituents is 1. The van der Waals surface area contributed by atoms with E-state index in [4.69, 9.17) is 5.73 Å². The molecule has 1 atom stereocenters. The number of rotatable bonds is 6. The molecule has 0 radical (unpaired) electrons. The van der Waals surface area contributed by atoms with Gasteiger partial charge in [-0.15, -0.1) is 12.4 Å². The number of nitro groups is 1. The fourth-order valence-electron chi connectivity index (χ4n) is 2.85. The second-order valence-electron chi connectivity index (χ2n) is 5.80. The lowest BCUT2D eigenvalue weighted by atomic mass is 10.0. The number of likely N-dealkylation sites (tertiary alicyclic amines) is 1. The minimum atomic E-state index is -0.516. The molecule has 0 aliphatic carbocycles. The van der Waals surface area contributed by atoms with E-state index in [-0.39, 0.29) is 48.9 Å². The first-order valence-corrected chi connectivity index (χ1v) is 8.05. The van der Waals surface area contributed by atoms with E-state index in [1.807, 2.05) is 0 Å². The van der Waals surface area contributed by atoms with Crippen LogP contribution >= 0.6 is 12.4 Å². The molecule has 0 bridgehead atoms. The van der Waals surface area contributed by atoms with Crippen LogP contribution in [0.4, 0.5) is 5.69 Å². The number of nitrogens with one attached hydrogen (secondary N) is 1. The highest BCUT2D eigenvalue weighted by molar-refractivity contribution is 5.95. The van der Waals surface area contributed by atoms with Crippen LogP contribution in [-0.4, -0.2) is 47.3 Å². The molecule has 1 saturated heterocycles. The van der Waals surface area contributed by atoms with E-state index < -0.39 is 4.92 Å². The van der Waals surface area contributed by atoms with Crippen molar-refractivity contribution in [1.82, 2.24) is 10.2 Å². The van der Waals surface area contributed by atoms with Gasteiger partial charge in [0.1, 0.15) is 0 Å². The number of halogens is 1. The summed E-state index contributed by atoms with van der Waals surface area (Å²) in [5.74, 6) is -0.373. The highest BCUT2D eigenvalue weighted by Crippen LogP contribution is 2.21. The van der Waals surface area contributed by atoms with E-state index in [1.54, 1.807) is 11.0 Å². The van der Waals surface area contributed by atoms with Gasteiger partial charge < -0.3 is 16.0 Å². The molecule has 1 aromatic rings. The number of piperidine rings is 1. The summed E-state index contributed by atoms with van der Waals surface area (Å²) in [6, 6.07) is 5.63. The van der Waals surface area contributed by atoms with Gasteiger partial charge >= 0.3 is 0 Å². The van der Waals surface area contributed by atoms with Crippen molar-refractivity contribution in [2.45, 2.75) is 31.7 Å². The van der Waals surface area contributed by atoms with Crippen LogP contribution in [0.1, 0.15) is 36.0 Å². The number of amides is 2. The van der Waals surface area contributed by atoms with Crippen molar-refractivity contribution in [3.05, 3.63) is 39.9 Å². The molecule has 9 heteroatoms. The molecule has 0 saturated carbocycles. The predicted octanol–water partition coefficient (Wildman–Crippen LogP) is 1.48. The van der Waals surface area contributed by atoms with Crippen LogP contribution in [0.5, 0.6) is 0 Å². The monoisotopic (exact) mass is 370 g/mol. The van der Waals surface area contributed by atoms with Crippen molar-refractivity contribution in [3.63, 3.8) is 0 Å². The molecule has 138 valence electrons. The smallest absolute Gasteiger partial charge is 0.270 e. The fraction of sp³-hybridized carbons (Fsp3) is 0.500. The summed E-state index contributed by atoms with van der Waals surface area (Å²) in [6.07, 6.45) is 2.92. The molecule has 1 heterocycles. The van der Waals surface area contributed by atoms with Crippen molar-refractivity contribution >= 4 is 29.9 Å². The SMILES string of the molecule is Cl.NCCC(=O)NCC1CCCCN1C(=O)c1cccc([N+](=O)[O-])c1. The van der Waals surface area contributed by atoms with Gasteiger partial charge in [-0.3, -0.25) is 19.7 Å². The lowest BCUT2D eigenvalue weighted by molar-refractivity contribution is -0.384. The highest BCUT2D eigenvalue weighted by atomic mass is 35.5. The van der Waals surface area contributed by atoms with Crippen molar-refractivity contribution in [2.75, 3.05) is 19.6 Å². The number of carbonyl (C=O) groups excluding carboxylic acids is 2. The average Bonchev–Trinajstić information content (AvgIpc) is 2.60. The number of hydrogen-bond donors (Lipinski definition) is 2. The van der Waals surface area contributed by atoms with Gasteiger partial charge in [-0.05, 0) is 25.3 Å². The van der Waals surface area contributed by atoms with Crippen molar-refractivity contribution in [1.29, 1.82) is 0 Å². The zero-order chi connectivity index (χ0) is 17.5. The summed E-state index contributed by atoms with van der Waals surface area (Å²) in [7, 11) is 0. The summed E-state index contributed by atoms with van der Waals surface area (Å²) in [5, 5.41) is 13.7. The number of non-ortho nitro benzene ring substituents is 1. The van der Waals surface area contributed by atoms with E-state index in [1.165, 1.54) is 18.2 Å². The van der Waals surface area contributed by atoms with Crippen molar-refractivity contribution in [3.8, 4) is 0 Å². The third kappa shape index (κ3) is 5.68. The number of carbonyl (C=O) groups is 2. The van der Waals surface area contributed by atoms with Crippen LogP contribution in [0, 0.1) is 10.1 Å². The molecule has 8 nitrogen and oxygen atoms in total. The maximum absolute atomic E-state index is 12.7. The van der Waals surface area contributed by atoms with Crippen LogP contribution in [0.2, 0.25) is 0 Å². The second-order valence-corrected chi connectivity index (χ2v) is 5.80. The number of benzene rings is 1. The number of nitrogens with two attached hydrogens (primary N) is 1. The highest BCUT2D eigenvalue weighted by Gasteiger charge is 2.28. The van der Waals surface area contributed by atoms with Crippen molar-refractivity contribution in [2.24, 2.45) is 5.73 Å².